The van der Waals surface area contributed by atoms with Crippen molar-refractivity contribution in [3.63, 3.8) is 0 Å². The second-order valence-corrected chi connectivity index (χ2v) is 5.25. The fourth-order valence-electron chi connectivity index (χ4n) is 2.70. The van der Waals surface area contributed by atoms with E-state index in [1.54, 1.807) is 6.07 Å². The van der Waals surface area contributed by atoms with Crippen molar-refractivity contribution in [3.05, 3.63) is 29.3 Å². The smallest absolute Gasteiger partial charge is 0.335 e. The third kappa shape index (κ3) is 3.51. The molecule has 2 rings (SSSR count). The second-order valence-electron chi connectivity index (χ2n) is 5.25. The lowest BCUT2D eigenvalue weighted by Gasteiger charge is -2.33. The van der Waals surface area contributed by atoms with E-state index in [9.17, 15) is 14.9 Å². The summed E-state index contributed by atoms with van der Waals surface area (Å²) >= 11 is 0. The summed E-state index contributed by atoms with van der Waals surface area (Å²) in [4.78, 5) is 23.9. The van der Waals surface area contributed by atoms with Crippen LogP contribution < -0.4 is 10.6 Å². The molecule has 0 radical (unpaired) electrons. The molecule has 21 heavy (non-hydrogen) atoms. The van der Waals surface area contributed by atoms with E-state index in [4.69, 9.17) is 10.8 Å². The number of nitrogens with zero attached hydrogens (tertiary/aromatic N) is 2. The molecule has 1 saturated heterocycles. The summed E-state index contributed by atoms with van der Waals surface area (Å²) in [5, 5.41) is 18.2. The number of carboxylic acids is 1. The average molecular weight is 287 g/mol. The number of anilines is 1. The van der Waals surface area contributed by atoms with Crippen molar-refractivity contribution in [2.45, 2.75) is 19.3 Å². The van der Waals surface area contributed by atoms with E-state index in [1.165, 1.54) is 12.1 Å². The average Bonchev–Trinajstić information content (AvgIpc) is 2.46. The molecule has 0 saturated carbocycles. The molecule has 1 heterocycles. The van der Waals surface area contributed by atoms with E-state index in [0.29, 0.717) is 17.9 Å². The third-order valence-corrected chi connectivity index (χ3v) is 3.81. The van der Waals surface area contributed by atoms with Crippen molar-refractivity contribution in [2.75, 3.05) is 18.0 Å². The summed E-state index contributed by atoms with van der Waals surface area (Å²) < 4.78 is 0. The van der Waals surface area contributed by atoms with Gasteiger partial charge in [0.2, 0.25) is 5.91 Å². The lowest BCUT2D eigenvalue weighted by atomic mass is 9.92. The molecule has 6 heteroatoms. The van der Waals surface area contributed by atoms with Crippen molar-refractivity contribution in [2.24, 2.45) is 11.7 Å². The molecule has 6 nitrogen and oxygen atoms in total. The molecule has 1 aliphatic rings. The molecular formula is C15H17N3O3. The Bertz CT molecular complexity index is 599. The van der Waals surface area contributed by atoms with Crippen LogP contribution in [0.15, 0.2) is 18.2 Å². The highest BCUT2D eigenvalue weighted by molar-refractivity contribution is 5.89. The molecule has 0 aromatic heterocycles. The van der Waals surface area contributed by atoms with Crippen LogP contribution in [0.2, 0.25) is 0 Å². The molecule has 1 aliphatic heterocycles. The predicted octanol–water partition coefficient (Wildman–Crippen LogP) is 1.35. The first-order valence-electron chi connectivity index (χ1n) is 6.82. The van der Waals surface area contributed by atoms with Crippen LogP contribution in [0, 0.1) is 17.2 Å². The van der Waals surface area contributed by atoms with E-state index in [0.717, 1.165) is 31.6 Å². The Kier molecular flexibility index (Phi) is 4.43. The van der Waals surface area contributed by atoms with Gasteiger partial charge in [-0.1, -0.05) is 0 Å². The molecule has 0 aliphatic carbocycles. The summed E-state index contributed by atoms with van der Waals surface area (Å²) in [6.07, 6.45) is 2.08. The van der Waals surface area contributed by atoms with Gasteiger partial charge in [0.05, 0.1) is 16.8 Å². The van der Waals surface area contributed by atoms with Gasteiger partial charge in [-0.15, -0.1) is 0 Å². The van der Waals surface area contributed by atoms with Crippen LogP contribution in [0.5, 0.6) is 0 Å². The lowest BCUT2D eigenvalue weighted by Crippen LogP contribution is -2.35. The number of nitriles is 1. The first-order valence-corrected chi connectivity index (χ1v) is 6.82. The molecule has 1 amide bonds. The topological polar surface area (TPSA) is 107 Å². The highest BCUT2D eigenvalue weighted by Gasteiger charge is 2.22. The molecule has 1 aromatic carbocycles. The monoisotopic (exact) mass is 287 g/mol. The summed E-state index contributed by atoms with van der Waals surface area (Å²) in [6, 6.07) is 6.63. The Balaban J connectivity index is 2.12. The van der Waals surface area contributed by atoms with Crippen molar-refractivity contribution >= 4 is 17.6 Å². The van der Waals surface area contributed by atoms with Crippen molar-refractivity contribution in [1.82, 2.24) is 0 Å². The molecule has 0 unspecified atom stereocenters. The minimum absolute atomic E-state index is 0.110. The number of benzene rings is 1. The number of carbonyl (C=O) groups excluding carboxylic acids is 1. The SMILES string of the molecule is N#Cc1cc(C(=O)O)ccc1N1CCC(CC(N)=O)CC1. The summed E-state index contributed by atoms with van der Waals surface area (Å²) in [5.41, 5.74) is 6.43. The Morgan fingerprint density at radius 3 is 2.57 bits per heavy atom. The number of nitrogens with two attached hydrogens (primary N) is 1. The van der Waals surface area contributed by atoms with Gasteiger partial charge in [0.15, 0.2) is 0 Å². The van der Waals surface area contributed by atoms with Crippen LogP contribution in [-0.2, 0) is 4.79 Å². The minimum Gasteiger partial charge on any atom is -0.478 e. The quantitative estimate of drug-likeness (QED) is 0.869. The van der Waals surface area contributed by atoms with Crippen LogP contribution in [0.4, 0.5) is 5.69 Å². The number of aromatic carboxylic acids is 1. The van der Waals surface area contributed by atoms with E-state index in [-0.39, 0.29) is 11.5 Å². The number of hydrogen-bond acceptors (Lipinski definition) is 4. The van der Waals surface area contributed by atoms with Crippen molar-refractivity contribution < 1.29 is 14.7 Å². The number of piperidine rings is 1. The standard InChI is InChI=1S/C15H17N3O3/c16-9-12-8-11(15(20)21)1-2-13(12)18-5-3-10(4-6-18)7-14(17)19/h1-2,8,10H,3-7H2,(H2,17,19)(H,20,21). The maximum Gasteiger partial charge on any atom is 0.335 e. The largest absolute Gasteiger partial charge is 0.478 e. The van der Waals surface area contributed by atoms with Gasteiger partial charge in [-0.2, -0.15) is 5.26 Å². The number of carboxylic acid groups (broad SMARTS) is 1. The molecule has 1 fully saturated rings. The fraction of sp³-hybridized carbons (Fsp3) is 0.400. The first-order chi connectivity index (χ1) is 10.0. The van der Waals surface area contributed by atoms with E-state index >= 15 is 0 Å². The predicted molar refractivity (Wildman–Crippen MR) is 76.9 cm³/mol. The zero-order valence-corrected chi connectivity index (χ0v) is 11.6. The number of rotatable bonds is 4. The third-order valence-electron chi connectivity index (χ3n) is 3.81. The second kappa shape index (κ2) is 6.27. The Hall–Kier alpha value is -2.55. The van der Waals surface area contributed by atoms with Crippen LogP contribution in [0.3, 0.4) is 0 Å². The van der Waals surface area contributed by atoms with Gasteiger partial charge in [-0.3, -0.25) is 4.79 Å². The van der Waals surface area contributed by atoms with Crippen molar-refractivity contribution in [3.8, 4) is 6.07 Å². The van der Waals surface area contributed by atoms with Gasteiger partial charge < -0.3 is 15.7 Å². The number of amides is 1. The summed E-state index contributed by atoms with van der Waals surface area (Å²) in [7, 11) is 0. The molecule has 110 valence electrons. The molecule has 0 atom stereocenters. The van der Waals surface area contributed by atoms with Crippen LogP contribution in [0.1, 0.15) is 35.2 Å². The maximum absolute atomic E-state index is 10.9. The van der Waals surface area contributed by atoms with Gasteiger partial charge in [0, 0.05) is 19.5 Å². The molecule has 1 aromatic rings. The zero-order chi connectivity index (χ0) is 15.4. The molecule has 0 spiro atoms. The Labute approximate surface area is 122 Å². The van der Waals surface area contributed by atoms with E-state index in [1.807, 2.05) is 0 Å². The van der Waals surface area contributed by atoms with Gasteiger partial charge in [-0.05, 0) is 37.0 Å². The van der Waals surface area contributed by atoms with Gasteiger partial charge in [0.1, 0.15) is 6.07 Å². The van der Waals surface area contributed by atoms with Gasteiger partial charge >= 0.3 is 5.97 Å². The normalized spacial score (nSPS) is 15.5. The summed E-state index contributed by atoms with van der Waals surface area (Å²) in [5.74, 6) is -1.03. The van der Waals surface area contributed by atoms with Crippen LogP contribution in [0.25, 0.3) is 0 Å². The minimum atomic E-state index is -1.04. The highest BCUT2D eigenvalue weighted by atomic mass is 16.4. The number of primary amides is 1. The molecule has 3 N–H and O–H groups in total. The van der Waals surface area contributed by atoms with Gasteiger partial charge in [0.25, 0.3) is 0 Å². The zero-order valence-electron chi connectivity index (χ0n) is 11.6. The highest BCUT2D eigenvalue weighted by Crippen LogP contribution is 2.28. The van der Waals surface area contributed by atoms with Crippen LogP contribution >= 0.6 is 0 Å². The summed E-state index contributed by atoms with van der Waals surface area (Å²) in [6.45, 7) is 1.47. The number of hydrogen-bond donors (Lipinski definition) is 2. The van der Waals surface area contributed by atoms with E-state index in [2.05, 4.69) is 11.0 Å². The number of carbonyl (C=O) groups is 2. The Morgan fingerprint density at radius 1 is 1.38 bits per heavy atom. The first kappa shape index (κ1) is 14.9. The fourth-order valence-corrected chi connectivity index (χ4v) is 2.70. The van der Waals surface area contributed by atoms with E-state index < -0.39 is 5.97 Å². The van der Waals surface area contributed by atoms with Crippen LogP contribution in [-0.4, -0.2) is 30.1 Å². The maximum atomic E-state index is 10.9. The molecule has 0 bridgehead atoms. The molecular weight excluding hydrogens is 270 g/mol. The van der Waals surface area contributed by atoms with Crippen molar-refractivity contribution in [1.29, 1.82) is 5.26 Å². The van der Waals surface area contributed by atoms with Gasteiger partial charge in [-0.25, -0.2) is 4.79 Å². The Morgan fingerprint density at radius 2 is 2.05 bits per heavy atom. The lowest BCUT2D eigenvalue weighted by molar-refractivity contribution is -0.119.